The monoisotopic (exact) mass is 538 g/mol. The Labute approximate surface area is 240 Å². The molecular formula is C36H72FN. The van der Waals surface area contributed by atoms with Gasteiger partial charge >= 0.3 is 0 Å². The molecule has 0 saturated carbocycles. The van der Waals surface area contributed by atoms with E-state index in [1.807, 2.05) is 0 Å². The largest absolute Gasteiger partial charge is 0.317 e. The summed E-state index contributed by atoms with van der Waals surface area (Å²) in [5.41, 5.74) is 0. The standard InChI is InChI=1S/C36H71N.FH/c1-3-5-7-9-11-13-15-17-19-21-23-25-27-29-31-33-35-37-36-34-32-30-28-26-24-22-20-18-16-14-12-10-8-6-4-2;/h17-20,37H,3-16,21-36H2,1-2H3;1H/b19-17-,20-18-;. The molecule has 0 radical (unpaired) electrons. The van der Waals surface area contributed by atoms with Gasteiger partial charge in [-0.2, -0.15) is 0 Å². The summed E-state index contributed by atoms with van der Waals surface area (Å²) in [5.74, 6) is 0. The third kappa shape index (κ3) is 37.5. The predicted molar refractivity (Wildman–Crippen MR) is 174 cm³/mol. The Balaban J connectivity index is 0. The fourth-order valence-electron chi connectivity index (χ4n) is 5.12. The molecule has 0 unspecified atom stereocenters. The highest BCUT2D eigenvalue weighted by Crippen LogP contribution is 2.11. The summed E-state index contributed by atoms with van der Waals surface area (Å²) in [6.07, 6.45) is 48.8. The van der Waals surface area contributed by atoms with Gasteiger partial charge in [-0.25, -0.2) is 0 Å². The van der Waals surface area contributed by atoms with Crippen molar-refractivity contribution in [3.05, 3.63) is 24.3 Å². The van der Waals surface area contributed by atoms with Gasteiger partial charge < -0.3 is 5.32 Å². The van der Waals surface area contributed by atoms with Crippen molar-refractivity contribution in [2.24, 2.45) is 0 Å². The summed E-state index contributed by atoms with van der Waals surface area (Å²) in [5, 5.41) is 3.67. The van der Waals surface area contributed by atoms with Crippen LogP contribution in [0.15, 0.2) is 24.3 Å². The number of unbranched alkanes of at least 4 members (excludes halogenated alkanes) is 24. The van der Waals surface area contributed by atoms with Crippen LogP contribution in [0.3, 0.4) is 0 Å². The van der Waals surface area contributed by atoms with Crippen molar-refractivity contribution in [2.75, 3.05) is 13.1 Å². The van der Waals surface area contributed by atoms with Crippen LogP contribution in [0.4, 0.5) is 4.70 Å². The molecule has 0 aromatic carbocycles. The highest BCUT2D eigenvalue weighted by molar-refractivity contribution is 4.82. The lowest BCUT2D eigenvalue weighted by molar-refractivity contribution is 0.539. The van der Waals surface area contributed by atoms with Gasteiger partial charge in [-0.1, -0.05) is 154 Å². The van der Waals surface area contributed by atoms with E-state index < -0.39 is 0 Å². The highest BCUT2D eigenvalue weighted by Gasteiger charge is 1.94. The Morgan fingerprint density at radius 3 is 0.842 bits per heavy atom. The van der Waals surface area contributed by atoms with E-state index in [4.69, 9.17) is 0 Å². The van der Waals surface area contributed by atoms with E-state index in [9.17, 15) is 0 Å². The third-order valence-corrected chi connectivity index (χ3v) is 7.73. The smallest absolute Gasteiger partial charge is 0.00489 e. The van der Waals surface area contributed by atoms with Crippen LogP contribution >= 0.6 is 0 Å². The molecule has 38 heavy (non-hydrogen) atoms. The second-order valence-electron chi connectivity index (χ2n) is 11.6. The SMILES string of the molecule is CCCCCCCC/C=C\CCCCCCCCNCCCCCCCC/C=C\CCCCCCCC.F. The van der Waals surface area contributed by atoms with E-state index in [1.165, 1.54) is 193 Å². The number of rotatable bonds is 32. The maximum Gasteiger partial charge on any atom is -0.00489 e. The molecule has 0 aliphatic rings. The fourth-order valence-corrected chi connectivity index (χ4v) is 5.12. The van der Waals surface area contributed by atoms with E-state index in [0.29, 0.717) is 0 Å². The van der Waals surface area contributed by atoms with Gasteiger partial charge in [0.05, 0.1) is 0 Å². The van der Waals surface area contributed by atoms with Gasteiger partial charge in [0.25, 0.3) is 0 Å². The minimum Gasteiger partial charge on any atom is -0.317 e. The normalized spacial score (nSPS) is 11.6. The number of allylic oxidation sites excluding steroid dienone is 4. The Bertz CT molecular complexity index is 405. The van der Waals surface area contributed by atoms with Crippen LogP contribution in [0.2, 0.25) is 0 Å². The van der Waals surface area contributed by atoms with Gasteiger partial charge in [-0.15, -0.1) is 0 Å². The van der Waals surface area contributed by atoms with Crippen LogP contribution in [-0.2, 0) is 0 Å². The summed E-state index contributed by atoms with van der Waals surface area (Å²) in [6.45, 7) is 7.04. The molecule has 0 aliphatic heterocycles. The molecule has 0 amide bonds. The summed E-state index contributed by atoms with van der Waals surface area (Å²) in [7, 11) is 0. The molecule has 0 aromatic heterocycles. The number of nitrogens with one attached hydrogen (secondary N) is 1. The van der Waals surface area contributed by atoms with Gasteiger partial charge in [0.15, 0.2) is 0 Å². The molecule has 0 heterocycles. The summed E-state index contributed by atoms with van der Waals surface area (Å²) in [6, 6.07) is 0. The summed E-state index contributed by atoms with van der Waals surface area (Å²) < 4.78 is 0. The molecule has 0 atom stereocenters. The molecule has 0 spiro atoms. The molecule has 0 rings (SSSR count). The first-order valence-corrected chi connectivity index (χ1v) is 17.4. The zero-order chi connectivity index (χ0) is 26.7. The third-order valence-electron chi connectivity index (χ3n) is 7.73. The molecule has 0 fully saturated rings. The first-order valence-electron chi connectivity index (χ1n) is 17.4. The van der Waals surface area contributed by atoms with Crippen molar-refractivity contribution in [1.29, 1.82) is 0 Å². The van der Waals surface area contributed by atoms with Crippen LogP contribution < -0.4 is 5.32 Å². The molecule has 0 aliphatic carbocycles. The van der Waals surface area contributed by atoms with Crippen molar-refractivity contribution < 1.29 is 4.70 Å². The van der Waals surface area contributed by atoms with Gasteiger partial charge in [-0.05, 0) is 77.3 Å². The summed E-state index contributed by atoms with van der Waals surface area (Å²) in [4.78, 5) is 0. The zero-order valence-corrected chi connectivity index (χ0v) is 26.4. The molecule has 1 nitrogen and oxygen atoms in total. The van der Waals surface area contributed by atoms with E-state index in [0.717, 1.165) is 0 Å². The molecule has 0 saturated heterocycles. The molecule has 2 heteroatoms. The lowest BCUT2D eigenvalue weighted by Crippen LogP contribution is -2.16. The van der Waals surface area contributed by atoms with Gasteiger partial charge in [0.2, 0.25) is 0 Å². The van der Waals surface area contributed by atoms with Gasteiger partial charge in [0.1, 0.15) is 0 Å². The minimum absolute atomic E-state index is 0. The van der Waals surface area contributed by atoms with E-state index in [2.05, 4.69) is 43.5 Å². The predicted octanol–water partition coefficient (Wildman–Crippen LogP) is 12.8. The fraction of sp³-hybridized carbons (Fsp3) is 0.889. The maximum absolute atomic E-state index is 3.67. The average molecular weight is 538 g/mol. The van der Waals surface area contributed by atoms with E-state index in [-0.39, 0.29) is 4.70 Å². The number of hydrogen-bond donors (Lipinski definition) is 1. The van der Waals surface area contributed by atoms with Crippen LogP contribution in [0.5, 0.6) is 0 Å². The van der Waals surface area contributed by atoms with E-state index in [1.54, 1.807) is 0 Å². The number of hydrogen-bond acceptors (Lipinski definition) is 1. The average Bonchev–Trinajstić information content (AvgIpc) is 2.91. The Hall–Kier alpha value is -0.630. The van der Waals surface area contributed by atoms with Crippen molar-refractivity contribution in [3.63, 3.8) is 0 Å². The van der Waals surface area contributed by atoms with Crippen molar-refractivity contribution >= 4 is 0 Å². The number of halogens is 1. The Morgan fingerprint density at radius 1 is 0.316 bits per heavy atom. The maximum atomic E-state index is 3.67. The topological polar surface area (TPSA) is 12.0 Å². The zero-order valence-electron chi connectivity index (χ0n) is 26.4. The van der Waals surface area contributed by atoms with E-state index >= 15 is 0 Å². The van der Waals surface area contributed by atoms with Crippen LogP contribution in [-0.4, -0.2) is 13.1 Å². The van der Waals surface area contributed by atoms with Crippen molar-refractivity contribution in [1.82, 2.24) is 5.32 Å². The van der Waals surface area contributed by atoms with Crippen LogP contribution in [0.25, 0.3) is 0 Å². The van der Waals surface area contributed by atoms with Gasteiger partial charge in [-0.3, -0.25) is 4.70 Å². The lowest BCUT2D eigenvalue weighted by Gasteiger charge is -2.05. The first-order chi connectivity index (χ1) is 18.4. The molecule has 0 aromatic rings. The van der Waals surface area contributed by atoms with Crippen molar-refractivity contribution in [2.45, 2.75) is 194 Å². The minimum atomic E-state index is 0. The van der Waals surface area contributed by atoms with Crippen molar-refractivity contribution in [3.8, 4) is 0 Å². The second-order valence-corrected chi connectivity index (χ2v) is 11.6. The molecule has 1 N–H and O–H groups in total. The Kier molecular flexibility index (Phi) is 40.1. The first kappa shape index (κ1) is 39.5. The quantitative estimate of drug-likeness (QED) is 0.0664. The highest BCUT2D eigenvalue weighted by atomic mass is 19.0. The summed E-state index contributed by atoms with van der Waals surface area (Å²) >= 11 is 0. The molecule has 228 valence electrons. The van der Waals surface area contributed by atoms with Crippen LogP contribution in [0, 0.1) is 0 Å². The van der Waals surface area contributed by atoms with Gasteiger partial charge in [0, 0.05) is 0 Å². The molecular weight excluding hydrogens is 465 g/mol. The molecule has 0 bridgehead atoms. The Morgan fingerprint density at radius 2 is 0.553 bits per heavy atom. The second kappa shape index (κ2) is 38.5. The van der Waals surface area contributed by atoms with Crippen LogP contribution in [0.1, 0.15) is 194 Å². The lowest BCUT2D eigenvalue weighted by atomic mass is 10.1.